The van der Waals surface area contributed by atoms with Crippen molar-refractivity contribution in [3.05, 3.63) is 0 Å². The van der Waals surface area contributed by atoms with Crippen LogP contribution >= 0.6 is 0 Å². The molecule has 0 fully saturated rings. The molecule has 0 spiro atoms. The van der Waals surface area contributed by atoms with E-state index in [1.54, 1.807) is 0 Å². The lowest BCUT2D eigenvalue weighted by Crippen LogP contribution is -1.34. The molecule has 9 heavy (non-hydrogen) atoms. The molecule has 0 saturated carbocycles. The van der Waals surface area contributed by atoms with Crippen molar-refractivity contribution < 1.29 is 18.4 Å². The van der Waals surface area contributed by atoms with Crippen LogP contribution in [-0.2, 0) is 9.59 Å². The van der Waals surface area contributed by atoms with Gasteiger partial charge in [0.05, 0.1) is 0 Å². The summed E-state index contributed by atoms with van der Waals surface area (Å²) in [5.41, 5.74) is 0. The first kappa shape index (κ1) is 15.6. The zero-order valence-corrected chi connectivity index (χ0v) is 4.28. The number of alkyl halides is 2. The lowest BCUT2D eigenvalue weighted by atomic mass is 11.7. The Morgan fingerprint density at radius 3 is 1.11 bits per heavy atom. The van der Waals surface area contributed by atoms with Crippen molar-refractivity contribution in [1.82, 2.24) is 0 Å². The van der Waals surface area contributed by atoms with E-state index in [0.29, 0.717) is 0 Å². The van der Waals surface area contributed by atoms with Gasteiger partial charge in [0.2, 0.25) is 19.1 Å². The van der Waals surface area contributed by atoms with Gasteiger partial charge in [-0.1, -0.05) is 0 Å². The second kappa shape index (κ2) is 79.7. The van der Waals surface area contributed by atoms with Gasteiger partial charge in [-0.15, -0.1) is 0 Å². The molecular formula is C3H4F2N2O2. The molecule has 6 heteroatoms. The van der Waals surface area contributed by atoms with Crippen LogP contribution in [0.5, 0.6) is 0 Å². The molecule has 2 N–H and O–H groups in total. The molecular weight excluding hydrogens is 134 g/mol. The number of halogens is 2. The van der Waals surface area contributed by atoms with Crippen molar-refractivity contribution in [3.8, 4) is 0 Å². The Balaban J connectivity index is -0.0000000600. The van der Waals surface area contributed by atoms with Crippen molar-refractivity contribution in [1.29, 1.82) is 10.8 Å². The number of hydrogen-bond acceptors (Lipinski definition) is 4. The Bertz CT molecular complexity index is 82.0. The van der Waals surface area contributed by atoms with Crippen LogP contribution in [0.15, 0.2) is 0 Å². The molecule has 0 bridgehead atoms. The van der Waals surface area contributed by atoms with E-state index in [0.717, 1.165) is 12.2 Å². The maximum Gasteiger partial charge on any atom is 0.231 e. The largest absolute Gasteiger partial charge is 0.231 e. The highest BCUT2D eigenvalue weighted by Gasteiger charge is 1.44. The molecule has 0 radical (unpaired) electrons. The van der Waals surface area contributed by atoms with Gasteiger partial charge in [-0.3, -0.25) is 0 Å². The molecule has 0 aliphatic carbocycles. The summed E-state index contributed by atoms with van der Waals surface area (Å²) in [5, 5.41) is 10.8. The first-order valence-corrected chi connectivity index (χ1v) is 1.44. The van der Waals surface area contributed by atoms with Crippen molar-refractivity contribution >= 4 is 12.2 Å². The summed E-state index contributed by atoms with van der Waals surface area (Å²) < 4.78 is 19.2. The molecule has 0 unspecified atom stereocenters. The molecule has 0 saturated heterocycles. The minimum absolute atomic E-state index is 0.750. The third-order valence-corrected chi connectivity index (χ3v) is 0. The molecule has 0 aromatic heterocycles. The van der Waals surface area contributed by atoms with Gasteiger partial charge in [0.25, 0.3) is 0 Å². The number of carbonyl (C=O) groups excluding carboxylic acids is 2. The van der Waals surface area contributed by atoms with Gasteiger partial charge < -0.3 is 0 Å². The average molecular weight is 138 g/mol. The van der Waals surface area contributed by atoms with Crippen molar-refractivity contribution in [2.24, 2.45) is 0 Å². The molecule has 0 aliphatic rings. The van der Waals surface area contributed by atoms with Crippen LogP contribution in [0.3, 0.4) is 0 Å². The molecule has 0 aromatic rings. The van der Waals surface area contributed by atoms with Gasteiger partial charge in [0.15, 0.2) is 0 Å². The Morgan fingerprint density at radius 1 is 1.11 bits per heavy atom. The Kier molecular flexibility index (Phi) is 138. The maximum atomic E-state index is 9.62. The minimum atomic E-state index is -1.75. The summed E-state index contributed by atoms with van der Waals surface area (Å²) in [4.78, 5) is 16.7. The predicted molar refractivity (Wildman–Crippen MR) is 23.9 cm³/mol. The lowest BCUT2D eigenvalue weighted by Gasteiger charge is -1.42. The highest BCUT2D eigenvalue weighted by Crippen LogP contribution is 1.56. The van der Waals surface area contributed by atoms with Crippen LogP contribution in [-0.4, -0.2) is 19.1 Å². The number of isocyanates is 2. The first-order chi connectivity index (χ1) is 4.24. The van der Waals surface area contributed by atoms with Crippen molar-refractivity contribution in [2.45, 2.75) is 0 Å². The first-order valence-electron chi connectivity index (χ1n) is 1.44. The summed E-state index contributed by atoms with van der Waals surface area (Å²) in [6, 6.07) is 0. The number of nitrogens with one attached hydrogen (secondary N) is 2. The predicted octanol–water partition coefficient (Wildman–Crippen LogP) is 0.685. The molecule has 52 valence electrons. The van der Waals surface area contributed by atoms with Crippen LogP contribution in [0.2, 0.25) is 0 Å². The van der Waals surface area contributed by atoms with E-state index in [-0.39, 0.29) is 0 Å². The van der Waals surface area contributed by atoms with Crippen molar-refractivity contribution in [2.75, 3.05) is 6.93 Å². The smallest absolute Gasteiger partial charge is 0.222 e. The Labute approximate surface area is 49.5 Å². The fraction of sp³-hybridized carbons (Fsp3) is 0.333. The fourth-order valence-electron chi connectivity index (χ4n) is 0. The normalized spacial score (nSPS) is 3.78. The third kappa shape index (κ3) is 74.2. The highest BCUT2D eigenvalue weighted by atomic mass is 19.3. The molecule has 0 aliphatic heterocycles. The van der Waals surface area contributed by atoms with Crippen LogP contribution in [0, 0.1) is 10.8 Å². The summed E-state index contributed by atoms with van der Waals surface area (Å²) >= 11 is 0. The number of hydrogen-bond donors (Lipinski definition) is 2. The van der Waals surface area contributed by atoms with E-state index in [1.807, 2.05) is 0 Å². The second-order valence-electron chi connectivity index (χ2n) is 0.305. The van der Waals surface area contributed by atoms with E-state index in [4.69, 9.17) is 20.4 Å². The molecule has 4 nitrogen and oxygen atoms in total. The monoisotopic (exact) mass is 138 g/mol. The number of rotatable bonds is 0. The summed E-state index contributed by atoms with van der Waals surface area (Å²) in [6.45, 7) is -1.75. The quantitative estimate of drug-likeness (QED) is 0.381. The Morgan fingerprint density at radius 2 is 1.11 bits per heavy atom. The third-order valence-electron chi connectivity index (χ3n) is 0. The van der Waals surface area contributed by atoms with E-state index in [1.165, 1.54) is 0 Å². The van der Waals surface area contributed by atoms with Gasteiger partial charge >= 0.3 is 0 Å². The standard InChI is InChI=1S/CH2F2.2CHNO/c3*2-1-3/h1H2;2*2H. The van der Waals surface area contributed by atoms with E-state index in [2.05, 4.69) is 0 Å². The van der Waals surface area contributed by atoms with Gasteiger partial charge in [-0.25, -0.2) is 29.2 Å². The van der Waals surface area contributed by atoms with Gasteiger partial charge in [0.1, 0.15) is 0 Å². The summed E-state index contributed by atoms with van der Waals surface area (Å²) in [6.07, 6.45) is 1.50. The van der Waals surface area contributed by atoms with Crippen LogP contribution in [0.1, 0.15) is 0 Å². The van der Waals surface area contributed by atoms with Crippen LogP contribution in [0.4, 0.5) is 8.78 Å². The molecule has 0 rings (SSSR count). The Hall–Kier alpha value is -1.38. The van der Waals surface area contributed by atoms with Crippen LogP contribution in [0.25, 0.3) is 0 Å². The minimum Gasteiger partial charge on any atom is -0.222 e. The van der Waals surface area contributed by atoms with Gasteiger partial charge in [0, 0.05) is 0 Å². The summed E-state index contributed by atoms with van der Waals surface area (Å²) in [7, 11) is 0. The molecule has 0 heterocycles. The van der Waals surface area contributed by atoms with E-state index in [9.17, 15) is 8.78 Å². The summed E-state index contributed by atoms with van der Waals surface area (Å²) in [5.74, 6) is 0. The molecule has 0 atom stereocenters. The van der Waals surface area contributed by atoms with Crippen LogP contribution < -0.4 is 0 Å². The topological polar surface area (TPSA) is 81.8 Å². The lowest BCUT2D eigenvalue weighted by molar-refractivity contribution is 0.295. The van der Waals surface area contributed by atoms with Crippen molar-refractivity contribution in [3.63, 3.8) is 0 Å². The molecule has 0 amide bonds. The van der Waals surface area contributed by atoms with Gasteiger partial charge in [-0.05, 0) is 0 Å². The molecule has 0 aromatic carbocycles. The maximum absolute atomic E-state index is 9.62. The van der Waals surface area contributed by atoms with E-state index < -0.39 is 6.93 Å². The highest BCUT2D eigenvalue weighted by molar-refractivity contribution is 5.26. The fourth-order valence-corrected chi connectivity index (χ4v) is 0. The second-order valence-corrected chi connectivity index (χ2v) is 0.305. The van der Waals surface area contributed by atoms with Gasteiger partial charge in [-0.2, -0.15) is 0 Å². The zero-order chi connectivity index (χ0) is 8.12. The average Bonchev–Trinajstić information content (AvgIpc) is 1.70. The SMILES string of the molecule is FCF.N=C=O.N=C=O. The van der Waals surface area contributed by atoms with E-state index >= 15 is 0 Å². The zero-order valence-electron chi connectivity index (χ0n) is 4.28.